The van der Waals surface area contributed by atoms with Crippen LogP contribution in [0.1, 0.15) is 29.3 Å². The molecule has 0 aliphatic carbocycles. The van der Waals surface area contributed by atoms with E-state index in [2.05, 4.69) is 39.1 Å². The van der Waals surface area contributed by atoms with Crippen LogP contribution < -0.4 is 16.0 Å². The average molecular weight is 477 g/mol. The van der Waals surface area contributed by atoms with Gasteiger partial charge in [0.1, 0.15) is 23.9 Å². The maximum atomic E-state index is 8.86. The van der Waals surface area contributed by atoms with Crippen molar-refractivity contribution in [3.63, 3.8) is 0 Å². The Labute approximate surface area is 203 Å². The third-order valence-corrected chi connectivity index (χ3v) is 5.61. The van der Waals surface area contributed by atoms with Crippen LogP contribution in [0.5, 0.6) is 0 Å². The molecule has 166 valence electrons. The first-order chi connectivity index (χ1) is 16.1. The molecule has 2 heterocycles. The highest BCUT2D eigenvalue weighted by molar-refractivity contribution is 6.35. The minimum absolute atomic E-state index is 0.241. The van der Waals surface area contributed by atoms with Crippen LogP contribution in [0.25, 0.3) is 5.70 Å². The molecule has 0 spiro atoms. The molecule has 0 fully saturated rings. The van der Waals surface area contributed by atoms with E-state index in [1.165, 1.54) is 0 Å². The lowest BCUT2D eigenvalue weighted by atomic mass is 10.1. The van der Waals surface area contributed by atoms with Crippen LogP contribution >= 0.6 is 23.2 Å². The monoisotopic (exact) mass is 476 g/mol. The molecule has 4 rings (SSSR count). The highest BCUT2D eigenvalue weighted by Gasteiger charge is 2.22. The summed E-state index contributed by atoms with van der Waals surface area (Å²) in [6.45, 7) is 1.35. The zero-order valence-corrected chi connectivity index (χ0v) is 19.2. The number of hydrogen-bond donors (Lipinski definition) is 3. The van der Waals surface area contributed by atoms with Crippen LogP contribution in [0.2, 0.25) is 10.0 Å². The van der Waals surface area contributed by atoms with Crippen LogP contribution in [0.4, 0.5) is 5.82 Å². The molecule has 0 bridgehead atoms. The quantitative estimate of drug-likeness (QED) is 0.397. The molecule has 3 aromatic rings. The van der Waals surface area contributed by atoms with Crippen molar-refractivity contribution in [3.8, 4) is 6.07 Å². The van der Waals surface area contributed by atoms with Crippen LogP contribution in [-0.2, 0) is 0 Å². The largest absolute Gasteiger partial charge is 0.370 e. The van der Waals surface area contributed by atoms with Gasteiger partial charge in [-0.3, -0.25) is 4.99 Å². The molecule has 0 saturated heterocycles. The molecule has 33 heavy (non-hydrogen) atoms. The number of pyridine rings is 1. The van der Waals surface area contributed by atoms with Crippen molar-refractivity contribution < 1.29 is 0 Å². The van der Waals surface area contributed by atoms with Crippen molar-refractivity contribution in [1.82, 2.24) is 15.6 Å². The third kappa shape index (κ3) is 6.04. The van der Waals surface area contributed by atoms with E-state index in [1.807, 2.05) is 36.4 Å². The van der Waals surface area contributed by atoms with Gasteiger partial charge in [-0.1, -0.05) is 59.6 Å². The van der Waals surface area contributed by atoms with Gasteiger partial charge in [-0.05, 0) is 36.2 Å². The molecule has 1 unspecified atom stereocenters. The summed E-state index contributed by atoms with van der Waals surface area (Å²) < 4.78 is 0. The number of anilines is 1. The first-order valence-corrected chi connectivity index (χ1v) is 11.3. The summed E-state index contributed by atoms with van der Waals surface area (Å²) in [4.78, 5) is 8.97. The van der Waals surface area contributed by atoms with E-state index in [0.29, 0.717) is 22.2 Å². The Morgan fingerprint density at radius 2 is 1.91 bits per heavy atom. The number of aliphatic imine (C=N–C) groups is 1. The second-order valence-electron chi connectivity index (χ2n) is 7.40. The SMILES string of the molecule is N#Cc1ccc(NCCCN=C2C=C(c3ccccc3)NC(c3ccc(Cl)cc3Cl)N2)nc1. The van der Waals surface area contributed by atoms with Crippen LogP contribution in [0.15, 0.2) is 77.9 Å². The number of amidine groups is 1. The topological polar surface area (TPSA) is 85.1 Å². The number of nitrogens with zero attached hydrogens (tertiary/aromatic N) is 3. The predicted molar refractivity (Wildman–Crippen MR) is 134 cm³/mol. The molecular formula is C25H22Cl2N6. The van der Waals surface area contributed by atoms with Gasteiger partial charge in [-0.2, -0.15) is 5.26 Å². The van der Waals surface area contributed by atoms with Gasteiger partial charge in [-0.15, -0.1) is 0 Å². The maximum absolute atomic E-state index is 8.86. The zero-order chi connectivity index (χ0) is 23.0. The first kappa shape index (κ1) is 22.7. The van der Waals surface area contributed by atoms with Gasteiger partial charge in [-0.25, -0.2) is 4.98 Å². The zero-order valence-electron chi connectivity index (χ0n) is 17.7. The lowest BCUT2D eigenvalue weighted by Gasteiger charge is -2.29. The minimum Gasteiger partial charge on any atom is -0.370 e. The number of nitriles is 1. The number of rotatable bonds is 7. The van der Waals surface area contributed by atoms with Gasteiger partial charge >= 0.3 is 0 Å². The van der Waals surface area contributed by atoms with Gasteiger partial charge in [0.2, 0.25) is 0 Å². The smallest absolute Gasteiger partial charge is 0.126 e. The lowest BCUT2D eigenvalue weighted by Crippen LogP contribution is -2.41. The standard InChI is InChI=1S/C25H22Cl2N6/c26-19-8-9-20(21(27)13-19)25-32-22(18-5-2-1-3-6-18)14-24(33-25)30-12-4-11-29-23-10-7-17(15-28)16-31-23/h1-3,5-10,13-14,16,25,32H,4,11-12H2,(H,29,31)(H,30,33). The number of nitrogens with one attached hydrogen (secondary N) is 3. The van der Waals surface area contributed by atoms with E-state index in [4.69, 9.17) is 33.5 Å². The molecule has 0 radical (unpaired) electrons. The van der Waals surface area contributed by atoms with Crippen LogP contribution in [0, 0.1) is 11.3 Å². The Hall–Kier alpha value is -3.53. The van der Waals surface area contributed by atoms with E-state index in [0.717, 1.165) is 41.4 Å². The molecule has 3 N–H and O–H groups in total. The van der Waals surface area contributed by atoms with Crippen molar-refractivity contribution in [2.24, 2.45) is 4.99 Å². The summed E-state index contributed by atoms with van der Waals surface area (Å²) >= 11 is 12.6. The van der Waals surface area contributed by atoms with Crippen molar-refractivity contribution in [3.05, 3.63) is 99.7 Å². The predicted octanol–water partition coefficient (Wildman–Crippen LogP) is 5.39. The van der Waals surface area contributed by atoms with Crippen molar-refractivity contribution in [2.75, 3.05) is 18.4 Å². The second kappa shape index (κ2) is 10.9. The molecular weight excluding hydrogens is 455 g/mol. The number of hydrogen-bond acceptors (Lipinski definition) is 5. The number of aromatic nitrogens is 1. The van der Waals surface area contributed by atoms with E-state index >= 15 is 0 Å². The fraction of sp³-hybridized carbons (Fsp3) is 0.160. The van der Waals surface area contributed by atoms with E-state index in [-0.39, 0.29) is 6.17 Å². The highest BCUT2D eigenvalue weighted by atomic mass is 35.5. The Bertz CT molecular complexity index is 1200. The molecule has 1 aliphatic heterocycles. The number of benzene rings is 2. The summed E-state index contributed by atoms with van der Waals surface area (Å²) in [5.41, 5.74) is 3.46. The summed E-state index contributed by atoms with van der Waals surface area (Å²) in [5.74, 6) is 1.52. The van der Waals surface area contributed by atoms with Gasteiger partial charge in [0, 0.05) is 46.7 Å². The maximum Gasteiger partial charge on any atom is 0.126 e. The van der Waals surface area contributed by atoms with E-state index < -0.39 is 0 Å². The molecule has 1 atom stereocenters. The summed E-state index contributed by atoms with van der Waals surface area (Å²) in [5, 5.41) is 20.2. The lowest BCUT2D eigenvalue weighted by molar-refractivity contribution is 0.586. The minimum atomic E-state index is -0.241. The van der Waals surface area contributed by atoms with Gasteiger partial charge in [0.05, 0.1) is 5.56 Å². The fourth-order valence-corrected chi connectivity index (χ4v) is 3.90. The molecule has 1 aliphatic rings. The number of halogens is 2. The van der Waals surface area contributed by atoms with Crippen LogP contribution in [-0.4, -0.2) is 23.9 Å². The Morgan fingerprint density at radius 3 is 2.64 bits per heavy atom. The third-order valence-electron chi connectivity index (χ3n) is 5.05. The summed E-state index contributed by atoms with van der Waals surface area (Å²) in [6, 6.07) is 21.2. The van der Waals surface area contributed by atoms with Gasteiger partial charge in [0.25, 0.3) is 0 Å². The molecule has 2 aromatic carbocycles. The molecule has 1 aromatic heterocycles. The first-order valence-electron chi connectivity index (χ1n) is 10.5. The Morgan fingerprint density at radius 1 is 1.06 bits per heavy atom. The normalized spacial score (nSPS) is 16.3. The van der Waals surface area contributed by atoms with E-state index in [9.17, 15) is 0 Å². The molecule has 0 saturated carbocycles. The Balaban J connectivity index is 1.45. The van der Waals surface area contributed by atoms with Crippen molar-refractivity contribution in [1.29, 1.82) is 5.26 Å². The molecule has 0 amide bonds. The summed E-state index contributed by atoms with van der Waals surface area (Å²) in [6.07, 6.45) is 4.14. The summed E-state index contributed by atoms with van der Waals surface area (Å²) in [7, 11) is 0. The highest BCUT2D eigenvalue weighted by Crippen LogP contribution is 2.28. The average Bonchev–Trinajstić information content (AvgIpc) is 2.84. The molecule has 8 heteroatoms. The fourth-order valence-electron chi connectivity index (χ4n) is 3.39. The van der Waals surface area contributed by atoms with Crippen molar-refractivity contribution >= 4 is 40.6 Å². The Kier molecular flexibility index (Phi) is 7.46. The van der Waals surface area contributed by atoms with Crippen molar-refractivity contribution in [2.45, 2.75) is 12.6 Å². The van der Waals surface area contributed by atoms with Crippen LogP contribution in [0.3, 0.4) is 0 Å². The van der Waals surface area contributed by atoms with Gasteiger partial charge < -0.3 is 16.0 Å². The second-order valence-corrected chi connectivity index (χ2v) is 8.25. The van der Waals surface area contributed by atoms with Gasteiger partial charge in [0.15, 0.2) is 0 Å². The molecule has 6 nitrogen and oxygen atoms in total. The van der Waals surface area contributed by atoms with E-state index in [1.54, 1.807) is 24.4 Å².